The number of nitrogens with zero attached hydrogens (tertiary/aromatic N) is 3. The van der Waals surface area contributed by atoms with Crippen LogP contribution in [0.1, 0.15) is 16.3 Å². The van der Waals surface area contributed by atoms with Crippen LogP contribution in [0.25, 0.3) is 0 Å². The number of hydrogen-bond donors (Lipinski definition) is 3. The van der Waals surface area contributed by atoms with Crippen LogP contribution >= 0.6 is 11.3 Å². The van der Waals surface area contributed by atoms with Gasteiger partial charge in [0.1, 0.15) is 10.8 Å². The lowest BCUT2D eigenvalue weighted by Gasteiger charge is -2.16. The summed E-state index contributed by atoms with van der Waals surface area (Å²) in [4.78, 5) is 45.4. The second-order valence-corrected chi connectivity index (χ2v) is 7.04. The molecule has 0 spiro atoms. The molecular weight excluding hydrogens is 368 g/mol. The highest BCUT2D eigenvalue weighted by Gasteiger charge is 2.13. The Bertz CT molecular complexity index is 823. The SMILES string of the molecule is Cc1ccnc(NC(=O)CN(C)CC(=O)NNC(=O)Cc2nc(C)cs2)c1. The van der Waals surface area contributed by atoms with Crippen LogP contribution in [0.15, 0.2) is 23.7 Å². The molecule has 10 heteroatoms. The third-order valence-electron chi connectivity index (χ3n) is 3.33. The topological polar surface area (TPSA) is 116 Å². The number of carbonyl (C=O) groups excluding carboxylic acids is 3. The molecule has 144 valence electrons. The molecule has 9 nitrogen and oxygen atoms in total. The number of hydrogen-bond acceptors (Lipinski definition) is 7. The average molecular weight is 390 g/mol. The normalized spacial score (nSPS) is 10.5. The van der Waals surface area contributed by atoms with Crippen molar-refractivity contribution in [2.75, 3.05) is 25.5 Å². The zero-order valence-electron chi connectivity index (χ0n) is 15.4. The van der Waals surface area contributed by atoms with Gasteiger partial charge in [-0.3, -0.25) is 30.1 Å². The van der Waals surface area contributed by atoms with E-state index in [1.54, 1.807) is 19.3 Å². The van der Waals surface area contributed by atoms with Crippen LogP contribution in [0, 0.1) is 13.8 Å². The van der Waals surface area contributed by atoms with Crippen molar-refractivity contribution in [1.29, 1.82) is 0 Å². The number of likely N-dealkylation sites (N-methyl/N-ethyl adjacent to an activating group) is 1. The lowest BCUT2D eigenvalue weighted by Crippen LogP contribution is -2.47. The van der Waals surface area contributed by atoms with Crippen LogP contribution in [0.4, 0.5) is 5.82 Å². The van der Waals surface area contributed by atoms with E-state index in [-0.39, 0.29) is 31.3 Å². The Morgan fingerprint density at radius 3 is 2.48 bits per heavy atom. The molecule has 2 aromatic heterocycles. The van der Waals surface area contributed by atoms with Gasteiger partial charge in [0.2, 0.25) is 11.8 Å². The van der Waals surface area contributed by atoms with E-state index >= 15 is 0 Å². The van der Waals surface area contributed by atoms with E-state index in [9.17, 15) is 14.4 Å². The molecule has 27 heavy (non-hydrogen) atoms. The fraction of sp³-hybridized carbons (Fsp3) is 0.353. The first-order valence-electron chi connectivity index (χ1n) is 8.21. The highest BCUT2D eigenvalue weighted by molar-refractivity contribution is 7.09. The molecule has 0 aliphatic heterocycles. The van der Waals surface area contributed by atoms with Crippen molar-refractivity contribution in [3.8, 4) is 0 Å². The molecule has 0 saturated carbocycles. The van der Waals surface area contributed by atoms with Crippen molar-refractivity contribution in [3.63, 3.8) is 0 Å². The third kappa shape index (κ3) is 7.50. The number of anilines is 1. The van der Waals surface area contributed by atoms with Crippen LogP contribution < -0.4 is 16.2 Å². The van der Waals surface area contributed by atoms with Crippen molar-refractivity contribution >= 4 is 34.9 Å². The second-order valence-electron chi connectivity index (χ2n) is 6.09. The first-order chi connectivity index (χ1) is 12.8. The van der Waals surface area contributed by atoms with Crippen LogP contribution in [0.2, 0.25) is 0 Å². The Balaban J connectivity index is 1.68. The number of aryl methyl sites for hydroxylation is 2. The number of nitrogens with one attached hydrogen (secondary N) is 3. The number of carbonyl (C=O) groups is 3. The quantitative estimate of drug-likeness (QED) is 0.590. The molecule has 0 atom stereocenters. The van der Waals surface area contributed by atoms with E-state index in [1.165, 1.54) is 16.2 Å². The number of hydrazine groups is 1. The van der Waals surface area contributed by atoms with Gasteiger partial charge in [-0.15, -0.1) is 11.3 Å². The lowest BCUT2D eigenvalue weighted by molar-refractivity contribution is -0.129. The molecule has 0 aromatic carbocycles. The maximum atomic E-state index is 12.0. The highest BCUT2D eigenvalue weighted by atomic mass is 32.1. The van der Waals surface area contributed by atoms with Gasteiger partial charge >= 0.3 is 0 Å². The van der Waals surface area contributed by atoms with Gasteiger partial charge in [-0.2, -0.15) is 0 Å². The van der Waals surface area contributed by atoms with E-state index in [1.807, 2.05) is 25.3 Å². The van der Waals surface area contributed by atoms with Gasteiger partial charge in [-0.25, -0.2) is 9.97 Å². The minimum absolute atomic E-state index is 0.00931. The van der Waals surface area contributed by atoms with Crippen LogP contribution in [-0.2, 0) is 20.8 Å². The van der Waals surface area contributed by atoms with Gasteiger partial charge in [-0.1, -0.05) is 0 Å². The van der Waals surface area contributed by atoms with Crippen LogP contribution in [-0.4, -0.2) is 52.7 Å². The number of rotatable bonds is 7. The standard InChI is InChI=1S/C17H22N6O3S/c1-11-4-5-18-13(6-11)20-15(25)8-23(3)9-16(26)22-21-14(24)7-17-19-12(2)10-27-17/h4-6,10H,7-9H2,1-3H3,(H,21,24)(H,22,26)(H,18,20,25). The Morgan fingerprint density at radius 1 is 1.11 bits per heavy atom. The molecule has 3 amide bonds. The van der Waals surface area contributed by atoms with Gasteiger partial charge in [0.15, 0.2) is 0 Å². The highest BCUT2D eigenvalue weighted by Crippen LogP contribution is 2.08. The van der Waals surface area contributed by atoms with Crippen molar-refractivity contribution in [2.45, 2.75) is 20.3 Å². The largest absolute Gasteiger partial charge is 0.310 e. The summed E-state index contributed by atoms with van der Waals surface area (Å²) in [6, 6.07) is 3.58. The molecule has 0 bridgehead atoms. The molecule has 0 aliphatic rings. The molecule has 0 aliphatic carbocycles. The fourth-order valence-corrected chi connectivity index (χ4v) is 2.95. The molecular formula is C17H22N6O3S. The van der Waals surface area contributed by atoms with Gasteiger partial charge < -0.3 is 5.32 Å². The monoisotopic (exact) mass is 390 g/mol. The van der Waals surface area contributed by atoms with Gasteiger partial charge in [-0.05, 0) is 38.6 Å². The van der Waals surface area contributed by atoms with E-state index in [0.29, 0.717) is 10.8 Å². The summed E-state index contributed by atoms with van der Waals surface area (Å²) in [5.74, 6) is -0.611. The molecule has 0 saturated heterocycles. The summed E-state index contributed by atoms with van der Waals surface area (Å²) in [5.41, 5.74) is 6.50. The van der Waals surface area contributed by atoms with E-state index < -0.39 is 5.91 Å². The second kappa shape index (κ2) is 9.74. The van der Waals surface area contributed by atoms with Crippen molar-refractivity contribution in [2.24, 2.45) is 0 Å². The van der Waals surface area contributed by atoms with E-state index in [4.69, 9.17) is 0 Å². The summed E-state index contributed by atoms with van der Waals surface area (Å²) < 4.78 is 0. The lowest BCUT2D eigenvalue weighted by atomic mass is 10.3. The number of aromatic nitrogens is 2. The van der Waals surface area contributed by atoms with Gasteiger partial charge in [0.25, 0.3) is 5.91 Å². The zero-order valence-corrected chi connectivity index (χ0v) is 16.2. The number of amides is 3. The van der Waals surface area contributed by atoms with Crippen LogP contribution in [0.3, 0.4) is 0 Å². The summed E-state index contributed by atoms with van der Waals surface area (Å²) in [7, 11) is 1.63. The predicted molar refractivity (Wildman–Crippen MR) is 102 cm³/mol. The van der Waals surface area contributed by atoms with Gasteiger partial charge in [0, 0.05) is 17.3 Å². The van der Waals surface area contributed by atoms with Crippen molar-refractivity contribution in [1.82, 2.24) is 25.7 Å². The smallest absolute Gasteiger partial charge is 0.252 e. The van der Waals surface area contributed by atoms with E-state index in [2.05, 4.69) is 26.1 Å². The average Bonchev–Trinajstić information content (AvgIpc) is 2.97. The molecule has 0 radical (unpaired) electrons. The summed E-state index contributed by atoms with van der Waals surface area (Å²) in [6.45, 7) is 3.71. The maximum absolute atomic E-state index is 12.0. The zero-order chi connectivity index (χ0) is 19.8. The Labute approximate surface area is 161 Å². The van der Waals surface area contributed by atoms with Crippen molar-refractivity contribution in [3.05, 3.63) is 40.0 Å². The Morgan fingerprint density at radius 2 is 1.81 bits per heavy atom. The maximum Gasteiger partial charge on any atom is 0.252 e. The molecule has 0 fully saturated rings. The molecule has 2 heterocycles. The first kappa shape index (κ1) is 20.5. The predicted octanol–water partition coefficient (Wildman–Crippen LogP) is 0.415. The van der Waals surface area contributed by atoms with Crippen molar-refractivity contribution < 1.29 is 14.4 Å². The van der Waals surface area contributed by atoms with Gasteiger partial charge in [0.05, 0.1) is 19.5 Å². The molecule has 3 N–H and O–H groups in total. The number of thiazole rings is 1. The minimum atomic E-state index is -0.428. The Kier molecular flexibility index (Phi) is 7.38. The van der Waals surface area contributed by atoms with E-state index in [0.717, 1.165) is 11.3 Å². The summed E-state index contributed by atoms with van der Waals surface area (Å²) in [6.07, 6.45) is 1.71. The molecule has 2 rings (SSSR count). The number of pyridine rings is 1. The fourth-order valence-electron chi connectivity index (χ4n) is 2.18. The van der Waals surface area contributed by atoms with Crippen LogP contribution in [0.5, 0.6) is 0 Å². The summed E-state index contributed by atoms with van der Waals surface area (Å²) >= 11 is 1.39. The third-order valence-corrected chi connectivity index (χ3v) is 4.30. The molecule has 2 aromatic rings. The Hall–Kier alpha value is -2.85. The summed E-state index contributed by atoms with van der Waals surface area (Å²) in [5, 5.41) is 5.20. The first-order valence-corrected chi connectivity index (χ1v) is 9.09. The molecule has 0 unspecified atom stereocenters. The minimum Gasteiger partial charge on any atom is -0.310 e.